The second kappa shape index (κ2) is 7.74. The van der Waals surface area contributed by atoms with Gasteiger partial charge in [0.05, 0.1) is 0 Å². The summed E-state index contributed by atoms with van der Waals surface area (Å²) in [4.78, 5) is 1.34. The van der Waals surface area contributed by atoms with Crippen LogP contribution in [0.5, 0.6) is 0 Å². The lowest BCUT2D eigenvalue weighted by atomic mass is 9.83. The van der Waals surface area contributed by atoms with Gasteiger partial charge in [0.15, 0.2) is 0 Å². The van der Waals surface area contributed by atoms with Gasteiger partial charge in [-0.3, -0.25) is 0 Å². The van der Waals surface area contributed by atoms with Crippen LogP contribution < -0.4 is 5.32 Å². The molecule has 1 aromatic carbocycles. The van der Waals surface area contributed by atoms with Crippen molar-refractivity contribution in [1.82, 2.24) is 5.32 Å². The lowest BCUT2D eigenvalue weighted by molar-refractivity contribution is 0.113. The Morgan fingerprint density at radius 2 is 1.81 bits per heavy atom. The van der Waals surface area contributed by atoms with Crippen LogP contribution in [0.2, 0.25) is 0 Å². The Morgan fingerprint density at radius 3 is 2.43 bits per heavy atom. The summed E-state index contributed by atoms with van der Waals surface area (Å²) in [5, 5.41) is 15.3. The number of hydrogen-bond donors (Lipinski definition) is 2. The van der Waals surface area contributed by atoms with Crippen molar-refractivity contribution in [3.05, 3.63) is 46.7 Å². The van der Waals surface area contributed by atoms with Gasteiger partial charge in [-0.1, -0.05) is 44.2 Å². The first-order valence-electron chi connectivity index (χ1n) is 7.67. The van der Waals surface area contributed by atoms with Gasteiger partial charge < -0.3 is 10.4 Å². The molecule has 0 bridgehead atoms. The number of benzene rings is 1. The van der Waals surface area contributed by atoms with E-state index in [1.54, 1.807) is 11.3 Å². The molecule has 0 aliphatic heterocycles. The number of nitrogens with one attached hydrogen (secondary N) is 1. The highest BCUT2D eigenvalue weighted by atomic mass is 32.1. The molecule has 2 rings (SSSR count). The Labute approximate surface area is 131 Å². The monoisotopic (exact) mass is 303 g/mol. The number of rotatable bonds is 8. The van der Waals surface area contributed by atoms with Gasteiger partial charge in [0.25, 0.3) is 0 Å². The minimum atomic E-state index is 0.0273. The van der Waals surface area contributed by atoms with Gasteiger partial charge in [0.1, 0.15) is 0 Å². The minimum Gasteiger partial charge on any atom is -0.396 e. The Kier molecular flexibility index (Phi) is 5.97. The van der Waals surface area contributed by atoms with Crippen molar-refractivity contribution >= 4 is 11.3 Å². The first-order valence-corrected chi connectivity index (χ1v) is 8.55. The van der Waals surface area contributed by atoms with Gasteiger partial charge in [-0.2, -0.15) is 0 Å². The van der Waals surface area contributed by atoms with E-state index >= 15 is 0 Å². The van der Waals surface area contributed by atoms with Crippen molar-refractivity contribution in [2.75, 3.05) is 13.2 Å². The molecule has 0 unspecified atom stereocenters. The van der Waals surface area contributed by atoms with Gasteiger partial charge in [-0.15, -0.1) is 11.3 Å². The third-order valence-corrected chi connectivity index (χ3v) is 5.33. The summed E-state index contributed by atoms with van der Waals surface area (Å²) in [5.41, 5.74) is 2.59. The van der Waals surface area contributed by atoms with E-state index in [9.17, 15) is 5.11 Å². The van der Waals surface area contributed by atoms with Crippen LogP contribution in [0.3, 0.4) is 0 Å². The molecular weight excluding hydrogens is 278 g/mol. The fourth-order valence-corrected chi connectivity index (χ4v) is 3.35. The molecular formula is C18H25NOS. The number of thiophene rings is 1. The van der Waals surface area contributed by atoms with Crippen molar-refractivity contribution in [3.63, 3.8) is 0 Å². The smallest absolute Gasteiger partial charge is 0.0499 e. The zero-order chi connectivity index (χ0) is 15.1. The Hall–Kier alpha value is -1.16. The number of aliphatic hydroxyl groups excluding tert-OH is 1. The van der Waals surface area contributed by atoms with Crippen LogP contribution in [0.15, 0.2) is 41.8 Å². The molecule has 0 radical (unpaired) electrons. The molecule has 2 N–H and O–H groups in total. The first-order chi connectivity index (χ1) is 10.2. The van der Waals surface area contributed by atoms with Crippen molar-refractivity contribution < 1.29 is 5.11 Å². The highest BCUT2D eigenvalue weighted by Gasteiger charge is 2.24. The van der Waals surface area contributed by atoms with Crippen LogP contribution in [0.4, 0.5) is 0 Å². The standard InChI is InChI=1S/C18H25NOS/c1-3-18(4-2,14-20)13-19-11-17-10-16(12-21-17)15-8-6-5-7-9-15/h5-10,12,19-20H,3-4,11,13-14H2,1-2H3. The molecule has 0 atom stereocenters. The maximum Gasteiger partial charge on any atom is 0.0499 e. The van der Waals surface area contributed by atoms with Crippen molar-refractivity contribution in [3.8, 4) is 11.1 Å². The second-order valence-electron chi connectivity index (χ2n) is 5.64. The topological polar surface area (TPSA) is 32.3 Å². The van der Waals surface area contributed by atoms with Gasteiger partial charge in [-0.25, -0.2) is 0 Å². The second-order valence-corrected chi connectivity index (χ2v) is 6.63. The van der Waals surface area contributed by atoms with Crippen LogP contribution in [-0.2, 0) is 6.54 Å². The summed E-state index contributed by atoms with van der Waals surface area (Å²) in [7, 11) is 0. The molecule has 0 saturated heterocycles. The minimum absolute atomic E-state index is 0.0273. The van der Waals surface area contributed by atoms with E-state index in [-0.39, 0.29) is 12.0 Å². The lowest BCUT2D eigenvalue weighted by Crippen LogP contribution is -2.36. The largest absolute Gasteiger partial charge is 0.396 e. The quantitative estimate of drug-likeness (QED) is 0.762. The fourth-order valence-electron chi connectivity index (χ4n) is 2.49. The molecule has 2 nitrogen and oxygen atoms in total. The Bertz CT molecular complexity index is 523. The van der Waals surface area contributed by atoms with Crippen LogP contribution >= 0.6 is 11.3 Å². The van der Waals surface area contributed by atoms with E-state index in [2.05, 4.69) is 54.9 Å². The highest BCUT2D eigenvalue weighted by molar-refractivity contribution is 7.10. The van der Waals surface area contributed by atoms with Gasteiger partial charge in [-0.05, 0) is 35.4 Å². The summed E-state index contributed by atoms with van der Waals surface area (Å²) < 4.78 is 0. The third kappa shape index (κ3) is 4.16. The van der Waals surface area contributed by atoms with Crippen molar-refractivity contribution in [1.29, 1.82) is 0 Å². The maximum atomic E-state index is 9.59. The molecule has 0 fully saturated rings. The molecule has 21 heavy (non-hydrogen) atoms. The maximum absolute atomic E-state index is 9.59. The molecule has 1 aromatic heterocycles. The van der Waals surface area contributed by atoms with Crippen molar-refractivity contribution in [2.45, 2.75) is 33.2 Å². The van der Waals surface area contributed by atoms with E-state index in [1.807, 2.05) is 6.07 Å². The van der Waals surface area contributed by atoms with Crippen LogP contribution in [0.25, 0.3) is 11.1 Å². The van der Waals surface area contributed by atoms with E-state index in [1.165, 1.54) is 16.0 Å². The molecule has 0 saturated carbocycles. The van der Waals surface area contributed by atoms with E-state index in [4.69, 9.17) is 0 Å². The highest BCUT2D eigenvalue weighted by Crippen LogP contribution is 2.27. The van der Waals surface area contributed by atoms with E-state index in [0.29, 0.717) is 0 Å². The number of aliphatic hydroxyl groups is 1. The molecule has 2 aromatic rings. The Balaban J connectivity index is 1.92. The van der Waals surface area contributed by atoms with Gasteiger partial charge in [0.2, 0.25) is 0 Å². The average molecular weight is 303 g/mol. The average Bonchev–Trinajstić information content (AvgIpc) is 3.02. The lowest BCUT2D eigenvalue weighted by Gasteiger charge is -2.29. The van der Waals surface area contributed by atoms with E-state index in [0.717, 1.165) is 25.9 Å². The van der Waals surface area contributed by atoms with Crippen molar-refractivity contribution in [2.24, 2.45) is 5.41 Å². The van der Waals surface area contributed by atoms with Crippen LogP contribution in [0.1, 0.15) is 31.6 Å². The Morgan fingerprint density at radius 1 is 1.10 bits per heavy atom. The first kappa shape index (κ1) is 16.2. The SMILES string of the molecule is CCC(CC)(CO)CNCc1cc(-c2ccccc2)cs1. The molecule has 1 heterocycles. The predicted molar refractivity (Wildman–Crippen MR) is 91.6 cm³/mol. The van der Waals surface area contributed by atoms with Gasteiger partial charge in [0, 0.05) is 30.0 Å². The summed E-state index contributed by atoms with van der Waals surface area (Å²) in [6, 6.07) is 12.7. The number of hydrogen-bond acceptors (Lipinski definition) is 3. The molecule has 0 aliphatic rings. The fraction of sp³-hybridized carbons (Fsp3) is 0.444. The summed E-state index contributed by atoms with van der Waals surface area (Å²) in [5.74, 6) is 0. The zero-order valence-corrected chi connectivity index (χ0v) is 13.7. The molecule has 0 spiro atoms. The van der Waals surface area contributed by atoms with Crippen LogP contribution in [-0.4, -0.2) is 18.3 Å². The molecule has 114 valence electrons. The predicted octanol–water partition coefficient (Wildman–Crippen LogP) is 4.30. The molecule has 0 aliphatic carbocycles. The molecule has 3 heteroatoms. The summed E-state index contributed by atoms with van der Waals surface area (Å²) in [6.45, 7) is 6.31. The summed E-state index contributed by atoms with van der Waals surface area (Å²) >= 11 is 1.79. The van der Waals surface area contributed by atoms with Gasteiger partial charge >= 0.3 is 0 Å². The molecule has 0 amide bonds. The normalized spacial score (nSPS) is 11.8. The summed E-state index contributed by atoms with van der Waals surface area (Å²) in [6.07, 6.45) is 2.01. The third-order valence-electron chi connectivity index (χ3n) is 4.40. The zero-order valence-electron chi connectivity index (χ0n) is 12.9. The van der Waals surface area contributed by atoms with Crippen LogP contribution in [0, 0.1) is 5.41 Å². The van der Waals surface area contributed by atoms with E-state index < -0.39 is 0 Å².